The molecule has 1 aromatic heterocycles. The van der Waals surface area contributed by atoms with Crippen molar-refractivity contribution < 1.29 is 4.74 Å². The van der Waals surface area contributed by atoms with Gasteiger partial charge < -0.3 is 10.5 Å². The van der Waals surface area contributed by atoms with E-state index in [0.717, 1.165) is 16.1 Å². The van der Waals surface area contributed by atoms with E-state index in [2.05, 4.69) is 9.97 Å². The molecule has 2 aromatic rings. The number of halogens is 1. The van der Waals surface area contributed by atoms with Gasteiger partial charge in [0.1, 0.15) is 11.6 Å². The van der Waals surface area contributed by atoms with Gasteiger partial charge in [0.25, 0.3) is 0 Å². The van der Waals surface area contributed by atoms with Gasteiger partial charge in [-0.05, 0) is 37.1 Å². The molecule has 0 aliphatic heterocycles. The monoisotopic (exact) mass is 249 g/mol. The Bertz CT molecular complexity index is 534. The molecule has 17 heavy (non-hydrogen) atoms. The highest BCUT2D eigenvalue weighted by atomic mass is 35.5. The Labute approximate surface area is 104 Å². The van der Waals surface area contributed by atoms with Crippen LogP contribution in [0.25, 0.3) is 0 Å². The lowest BCUT2D eigenvalue weighted by atomic mass is 10.1. The van der Waals surface area contributed by atoms with E-state index in [1.54, 1.807) is 0 Å². The summed E-state index contributed by atoms with van der Waals surface area (Å²) < 4.78 is 5.56. The van der Waals surface area contributed by atoms with Crippen molar-refractivity contribution in [3.05, 3.63) is 40.7 Å². The van der Waals surface area contributed by atoms with Gasteiger partial charge in [-0.25, -0.2) is 0 Å². The van der Waals surface area contributed by atoms with Crippen LogP contribution in [0.1, 0.15) is 11.1 Å². The van der Waals surface area contributed by atoms with Crippen LogP contribution in [-0.4, -0.2) is 9.97 Å². The van der Waals surface area contributed by atoms with Gasteiger partial charge in [-0.3, -0.25) is 4.98 Å². The zero-order valence-electron chi connectivity index (χ0n) is 9.57. The number of aryl methyl sites for hydroxylation is 2. The molecule has 0 aliphatic rings. The molecule has 2 rings (SSSR count). The molecule has 0 amide bonds. The highest BCUT2D eigenvalue weighted by Gasteiger charge is 2.05. The van der Waals surface area contributed by atoms with Crippen molar-refractivity contribution in [2.45, 2.75) is 13.8 Å². The molecule has 0 bridgehead atoms. The zero-order chi connectivity index (χ0) is 12.4. The summed E-state index contributed by atoms with van der Waals surface area (Å²) in [6.45, 7) is 3.85. The Morgan fingerprint density at radius 3 is 2.41 bits per heavy atom. The molecule has 1 aromatic carbocycles. The summed E-state index contributed by atoms with van der Waals surface area (Å²) in [5, 5.41) is 0.746. The minimum atomic E-state index is 0.324. The fourth-order valence-electron chi connectivity index (χ4n) is 1.50. The molecule has 0 saturated carbocycles. The topological polar surface area (TPSA) is 61.0 Å². The maximum Gasteiger partial charge on any atom is 0.239 e. The van der Waals surface area contributed by atoms with Gasteiger partial charge in [0, 0.05) is 5.02 Å². The first kappa shape index (κ1) is 11.7. The van der Waals surface area contributed by atoms with E-state index in [9.17, 15) is 0 Å². The van der Waals surface area contributed by atoms with Crippen molar-refractivity contribution in [2.24, 2.45) is 0 Å². The van der Waals surface area contributed by atoms with Crippen molar-refractivity contribution in [3.63, 3.8) is 0 Å². The van der Waals surface area contributed by atoms with Crippen LogP contribution in [-0.2, 0) is 0 Å². The number of nitrogens with two attached hydrogens (primary N) is 1. The van der Waals surface area contributed by atoms with E-state index in [-0.39, 0.29) is 0 Å². The van der Waals surface area contributed by atoms with Gasteiger partial charge in [0.2, 0.25) is 5.88 Å². The van der Waals surface area contributed by atoms with Gasteiger partial charge in [0.15, 0.2) is 0 Å². The number of nitrogen functional groups attached to an aromatic ring is 1. The lowest BCUT2D eigenvalue weighted by Gasteiger charge is -2.08. The van der Waals surface area contributed by atoms with E-state index >= 15 is 0 Å². The number of nitrogens with zero attached hydrogens (tertiary/aromatic N) is 2. The molecule has 0 fully saturated rings. The molecule has 0 spiro atoms. The van der Waals surface area contributed by atoms with Crippen LogP contribution in [0.15, 0.2) is 24.5 Å². The molecule has 0 atom stereocenters. The first-order valence-corrected chi connectivity index (χ1v) is 5.46. The number of benzene rings is 1. The Balaban J connectivity index is 2.31. The number of hydrogen-bond donors (Lipinski definition) is 1. The van der Waals surface area contributed by atoms with E-state index in [4.69, 9.17) is 22.1 Å². The number of aromatic nitrogens is 2. The summed E-state index contributed by atoms with van der Waals surface area (Å²) in [6.07, 6.45) is 2.97. The second kappa shape index (κ2) is 4.59. The molecule has 1 heterocycles. The molecule has 0 unspecified atom stereocenters. The van der Waals surface area contributed by atoms with Crippen LogP contribution in [0.4, 0.5) is 5.82 Å². The molecule has 0 saturated heterocycles. The van der Waals surface area contributed by atoms with Crippen molar-refractivity contribution in [1.82, 2.24) is 9.97 Å². The maximum atomic E-state index is 6.07. The van der Waals surface area contributed by atoms with Gasteiger partial charge in [-0.1, -0.05) is 11.6 Å². The Morgan fingerprint density at radius 1 is 1.18 bits per heavy atom. The molecule has 88 valence electrons. The molecule has 0 aliphatic carbocycles. The Hall–Kier alpha value is -1.81. The summed E-state index contributed by atoms with van der Waals surface area (Å²) >= 11 is 6.07. The second-order valence-electron chi connectivity index (χ2n) is 3.76. The molecular weight excluding hydrogens is 238 g/mol. The predicted octanol–water partition coefficient (Wildman–Crippen LogP) is 3.12. The normalized spacial score (nSPS) is 10.3. The number of ether oxygens (including phenoxy) is 1. The van der Waals surface area contributed by atoms with Gasteiger partial charge in [-0.15, -0.1) is 0 Å². The lowest BCUT2D eigenvalue weighted by molar-refractivity contribution is 0.460. The third-order valence-corrected chi connectivity index (χ3v) is 2.86. The number of hydrogen-bond acceptors (Lipinski definition) is 4. The van der Waals surface area contributed by atoms with Crippen LogP contribution < -0.4 is 10.5 Å². The van der Waals surface area contributed by atoms with E-state index in [1.165, 1.54) is 12.4 Å². The maximum absolute atomic E-state index is 6.07. The fourth-order valence-corrected chi connectivity index (χ4v) is 1.61. The smallest absolute Gasteiger partial charge is 0.239 e. The third-order valence-electron chi connectivity index (χ3n) is 2.26. The predicted molar refractivity (Wildman–Crippen MR) is 67.4 cm³/mol. The first-order chi connectivity index (χ1) is 8.06. The van der Waals surface area contributed by atoms with Crippen LogP contribution in [0.5, 0.6) is 11.6 Å². The summed E-state index contributed by atoms with van der Waals surface area (Å²) in [4.78, 5) is 7.91. The summed E-state index contributed by atoms with van der Waals surface area (Å²) in [5.74, 6) is 1.36. The fraction of sp³-hybridized carbons (Fsp3) is 0.167. The first-order valence-electron chi connectivity index (χ1n) is 5.08. The molecule has 2 N–H and O–H groups in total. The standard InChI is InChI=1S/C12H12ClN3O/c1-7-3-9(4-8(2)12(7)13)17-11-6-15-5-10(14)16-11/h3-6H,1-2H3,(H2,14,16). The van der Waals surface area contributed by atoms with Crippen LogP contribution in [0.2, 0.25) is 5.02 Å². The van der Waals surface area contributed by atoms with Crippen LogP contribution in [0, 0.1) is 13.8 Å². The van der Waals surface area contributed by atoms with Crippen molar-refractivity contribution in [1.29, 1.82) is 0 Å². The quantitative estimate of drug-likeness (QED) is 0.888. The average Bonchev–Trinajstić information content (AvgIpc) is 2.26. The lowest BCUT2D eigenvalue weighted by Crippen LogP contribution is -1.95. The van der Waals surface area contributed by atoms with Crippen molar-refractivity contribution in [3.8, 4) is 11.6 Å². The third kappa shape index (κ3) is 2.65. The minimum absolute atomic E-state index is 0.324. The Morgan fingerprint density at radius 2 is 1.82 bits per heavy atom. The molecular formula is C12H12ClN3O. The summed E-state index contributed by atoms with van der Waals surface area (Å²) in [5.41, 5.74) is 7.44. The zero-order valence-corrected chi connectivity index (χ0v) is 10.3. The number of rotatable bonds is 2. The van der Waals surface area contributed by atoms with E-state index < -0.39 is 0 Å². The van der Waals surface area contributed by atoms with Gasteiger partial charge >= 0.3 is 0 Å². The van der Waals surface area contributed by atoms with Gasteiger partial charge in [-0.2, -0.15) is 4.98 Å². The Kier molecular flexibility index (Phi) is 3.15. The number of anilines is 1. The second-order valence-corrected chi connectivity index (χ2v) is 4.13. The van der Waals surface area contributed by atoms with E-state index in [0.29, 0.717) is 17.4 Å². The highest BCUT2D eigenvalue weighted by molar-refractivity contribution is 6.32. The average molecular weight is 250 g/mol. The minimum Gasteiger partial charge on any atom is -0.437 e. The van der Waals surface area contributed by atoms with E-state index in [1.807, 2.05) is 26.0 Å². The summed E-state index contributed by atoms with van der Waals surface area (Å²) in [6, 6.07) is 3.69. The molecule has 4 nitrogen and oxygen atoms in total. The van der Waals surface area contributed by atoms with Gasteiger partial charge in [0.05, 0.1) is 12.4 Å². The van der Waals surface area contributed by atoms with Crippen molar-refractivity contribution in [2.75, 3.05) is 5.73 Å². The summed E-state index contributed by atoms with van der Waals surface area (Å²) in [7, 11) is 0. The van der Waals surface area contributed by atoms with Crippen molar-refractivity contribution >= 4 is 17.4 Å². The largest absolute Gasteiger partial charge is 0.437 e. The van der Waals surface area contributed by atoms with Crippen LogP contribution >= 0.6 is 11.6 Å². The highest BCUT2D eigenvalue weighted by Crippen LogP contribution is 2.28. The SMILES string of the molecule is Cc1cc(Oc2cncc(N)n2)cc(C)c1Cl. The molecule has 5 heteroatoms. The molecule has 0 radical (unpaired) electrons. The van der Waals surface area contributed by atoms with Crippen LogP contribution in [0.3, 0.4) is 0 Å².